The third-order valence-electron chi connectivity index (χ3n) is 7.82. The second kappa shape index (κ2) is 17.4. The van der Waals surface area contributed by atoms with Crippen LogP contribution in [0.4, 0.5) is 0 Å². The highest BCUT2D eigenvalue weighted by atomic mass is 16.5. The molecule has 0 bridgehead atoms. The molecule has 0 fully saturated rings. The number of unbranched alkanes of at least 4 members (excludes halogenated alkanes) is 10. The first-order valence-electron chi connectivity index (χ1n) is 16.0. The van der Waals surface area contributed by atoms with E-state index in [1.165, 1.54) is 88.2 Å². The Morgan fingerprint density at radius 3 is 1.20 bits per heavy atom. The van der Waals surface area contributed by atoms with E-state index in [1.54, 1.807) is 0 Å². The van der Waals surface area contributed by atoms with Crippen LogP contribution in [0.2, 0.25) is 0 Å². The monoisotopic (exact) mass is 548 g/mol. The molecule has 216 valence electrons. The summed E-state index contributed by atoms with van der Waals surface area (Å²) in [5.41, 5.74) is 6.85. The molecule has 0 radical (unpaired) electrons. The quantitative estimate of drug-likeness (QED) is 0.116. The van der Waals surface area contributed by atoms with E-state index in [9.17, 15) is 0 Å². The predicted molar refractivity (Wildman–Crippen MR) is 174 cm³/mol. The summed E-state index contributed by atoms with van der Waals surface area (Å²) < 4.78 is 6.12. The van der Waals surface area contributed by atoms with E-state index in [0.717, 1.165) is 46.9 Å². The number of pyridine rings is 2. The van der Waals surface area contributed by atoms with Crippen molar-refractivity contribution in [3.05, 3.63) is 96.3 Å². The van der Waals surface area contributed by atoms with Crippen LogP contribution >= 0.6 is 0 Å². The highest BCUT2D eigenvalue weighted by Gasteiger charge is 2.05. The van der Waals surface area contributed by atoms with Crippen molar-refractivity contribution in [3.8, 4) is 34.0 Å². The van der Waals surface area contributed by atoms with Gasteiger partial charge in [-0.2, -0.15) is 0 Å². The molecule has 0 aliphatic heterocycles. The molecule has 3 heteroatoms. The van der Waals surface area contributed by atoms with E-state index < -0.39 is 0 Å². The molecular formula is C38H48N2O. The van der Waals surface area contributed by atoms with Crippen molar-refractivity contribution in [3.63, 3.8) is 0 Å². The Kier molecular flexibility index (Phi) is 12.9. The van der Waals surface area contributed by atoms with E-state index >= 15 is 0 Å². The molecule has 4 rings (SSSR count). The first kappa shape index (κ1) is 30.5. The third-order valence-corrected chi connectivity index (χ3v) is 7.82. The minimum Gasteiger partial charge on any atom is -0.457 e. The normalized spacial score (nSPS) is 11.1. The number of rotatable bonds is 18. The van der Waals surface area contributed by atoms with E-state index in [0.29, 0.717) is 0 Å². The molecule has 0 amide bonds. The van der Waals surface area contributed by atoms with Crippen molar-refractivity contribution in [2.45, 2.75) is 104 Å². The Balaban J connectivity index is 1.23. The molecule has 0 aliphatic carbocycles. The van der Waals surface area contributed by atoms with Crippen LogP contribution in [-0.2, 0) is 12.8 Å². The van der Waals surface area contributed by atoms with Crippen LogP contribution in [-0.4, -0.2) is 9.97 Å². The fourth-order valence-electron chi connectivity index (χ4n) is 5.23. The zero-order chi connectivity index (χ0) is 28.5. The molecule has 41 heavy (non-hydrogen) atoms. The molecule has 0 atom stereocenters. The van der Waals surface area contributed by atoms with Gasteiger partial charge in [-0.15, -0.1) is 0 Å². The Morgan fingerprint density at radius 1 is 0.439 bits per heavy atom. The molecule has 0 spiro atoms. The van der Waals surface area contributed by atoms with Gasteiger partial charge in [-0.05, 0) is 97.5 Å². The molecule has 0 N–H and O–H groups in total. The van der Waals surface area contributed by atoms with Crippen LogP contribution < -0.4 is 4.74 Å². The summed E-state index contributed by atoms with van der Waals surface area (Å²) in [6.45, 7) is 4.53. The van der Waals surface area contributed by atoms with Gasteiger partial charge in [0.25, 0.3) is 0 Å². The van der Waals surface area contributed by atoms with Gasteiger partial charge in [0.15, 0.2) is 0 Å². The number of nitrogens with zero attached hydrogens (tertiary/aromatic N) is 2. The molecule has 0 saturated heterocycles. The molecule has 2 aromatic heterocycles. The average molecular weight is 549 g/mol. The van der Waals surface area contributed by atoms with Crippen molar-refractivity contribution >= 4 is 0 Å². The van der Waals surface area contributed by atoms with Gasteiger partial charge < -0.3 is 4.74 Å². The second-order valence-electron chi connectivity index (χ2n) is 11.3. The van der Waals surface area contributed by atoms with E-state index in [2.05, 4.69) is 62.4 Å². The first-order valence-corrected chi connectivity index (χ1v) is 16.0. The Morgan fingerprint density at radius 2 is 0.829 bits per heavy atom. The lowest BCUT2D eigenvalue weighted by Gasteiger charge is -2.09. The third kappa shape index (κ3) is 10.5. The summed E-state index contributed by atoms with van der Waals surface area (Å²) in [7, 11) is 0. The summed E-state index contributed by atoms with van der Waals surface area (Å²) in [5.74, 6) is 1.64. The van der Waals surface area contributed by atoms with Gasteiger partial charge in [0.1, 0.15) is 11.5 Å². The fraction of sp³-hybridized carbons (Fsp3) is 0.421. The maximum absolute atomic E-state index is 6.12. The van der Waals surface area contributed by atoms with E-state index in [4.69, 9.17) is 14.7 Å². The maximum Gasteiger partial charge on any atom is 0.127 e. The number of hydrogen-bond donors (Lipinski definition) is 0. The average Bonchev–Trinajstić information content (AvgIpc) is 3.02. The van der Waals surface area contributed by atoms with Crippen molar-refractivity contribution in [2.24, 2.45) is 0 Å². The molecule has 4 aromatic rings. The lowest BCUT2D eigenvalue weighted by Crippen LogP contribution is -1.91. The first-order chi connectivity index (χ1) is 20.2. The van der Waals surface area contributed by atoms with Crippen LogP contribution in [0.5, 0.6) is 11.5 Å². The van der Waals surface area contributed by atoms with Gasteiger partial charge in [0.2, 0.25) is 0 Å². The molecule has 2 aromatic carbocycles. The fourth-order valence-corrected chi connectivity index (χ4v) is 5.23. The van der Waals surface area contributed by atoms with Crippen LogP contribution in [0.3, 0.4) is 0 Å². The zero-order valence-corrected chi connectivity index (χ0v) is 25.3. The predicted octanol–water partition coefficient (Wildman–Crippen LogP) is 11.4. The largest absolute Gasteiger partial charge is 0.457 e. The van der Waals surface area contributed by atoms with Gasteiger partial charge in [-0.3, -0.25) is 9.97 Å². The number of hydrogen-bond acceptors (Lipinski definition) is 3. The molecule has 0 saturated carbocycles. The molecular weight excluding hydrogens is 500 g/mol. The highest BCUT2D eigenvalue weighted by Crippen LogP contribution is 2.27. The standard InChI is InChI=1S/C38H48N2O/c1-3-5-7-9-11-13-15-31-17-27-37(39-29-31)33-19-23-35(24-20-33)41-36-25-21-34(22-26-36)38-28-18-32(30-40-38)16-14-12-10-8-6-4-2/h17-30H,3-16H2,1-2H3. The van der Waals surface area contributed by atoms with Gasteiger partial charge >= 0.3 is 0 Å². The summed E-state index contributed by atoms with van der Waals surface area (Å²) >= 11 is 0. The SMILES string of the molecule is CCCCCCCCc1ccc(-c2ccc(Oc3ccc(-c4ccc(CCCCCCCC)cn4)cc3)cc2)nc1. The summed E-state index contributed by atoms with van der Waals surface area (Å²) in [6, 6.07) is 25.1. The minimum atomic E-state index is 0.818. The van der Waals surface area contributed by atoms with Gasteiger partial charge in [-0.1, -0.05) is 90.2 Å². The molecule has 3 nitrogen and oxygen atoms in total. The maximum atomic E-state index is 6.12. The van der Waals surface area contributed by atoms with E-state index in [-0.39, 0.29) is 0 Å². The lowest BCUT2D eigenvalue weighted by molar-refractivity contribution is 0.483. The van der Waals surface area contributed by atoms with Crippen molar-refractivity contribution in [1.82, 2.24) is 9.97 Å². The summed E-state index contributed by atoms with van der Waals surface area (Å²) in [5, 5.41) is 0. The molecule has 0 aliphatic rings. The number of aryl methyl sites for hydroxylation is 2. The Bertz CT molecular complexity index is 1140. The summed E-state index contributed by atoms with van der Waals surface area (Å²) in [6.07, 6.45) is 22.2. The van der Waals surface area contributed by atoms with Gasteiger partial charge in [0.05, 0.1) is 11.4 Å². The van der Waals surface area contributed by atoms with Crippen LogP contribution in [0.15, 0.2) is 85.2 Å². The van der Waals surface area contributed by atoms with Gasteiger partial charge in [-0.25, -0.2) is 0 Å². The second-order valence-corrected chi connectivity index (χ2v) is 11.3. The smallest absolute Gasteiger partial charge is 0.127 e. The van der Waals surface area contributed by atoms with Crippen LogP contribution in [0.1, 0.15) is 102 Å². The van der Waals surface area contributed by atoms with Crippen molar-refractivity contribution in [2.75, 3.05) is 0 Å². The number of benzene rings is 2. The molecule has 0 unspecified atom stereocenters. The minimum absolute atomic E-state index is 0.818. The summed E-state index contributed by atoms with van der Waals surface area (Å²) in [4.78, 5) is 9.43. The van der Waals surface area contributed by atoms with Gasteiger partial charge in [0, 0.05) is 23.5 Å². The van der Waals surface area contributed by atoms with Crippen molar-refractivity contribution in [1.29, 1.82) is 0 Å². The zero-order valence-electron chi connectivity index (χ0n) is 25.3. The highest BCUT2D eigenvalue weighted by molar-refractivity contribution is 5.61. The lowest BCUT2D eigenvalue weighted by atomic mass is 10.0. The van der Waals surface area contributed by atoms with E-state index in [1.807, 2.05) is 36.7 Å². The molecule has 2 heterocycles. The number of ether oxygens (including phenoxy) is 1. The van der Waals surface area contributed by atoms with Crippen LogP contribution in [0, 0.1) is 0 Å². The Labute approximate surface area is 248 Å². The Hall–Kier alpha value is -3.46. The van der Waals surface area contributed by atoms with Crippen LogP contribution in [0.25, 0.3) is 22.5 Å². The van der Waals surface area contributed by atoms with Crippen molar-refractivity contribution < 1.29 is 4.74 Å². The topological polar surface area (TPSA) is 35.0 Å². The number of aromatic nitrogens is 2.